The predicted octanol–water partition coefficient (Wildman–Crippen LogP) is 3.02. The first-order valence-corrected chi connectivity index (χ1v) is 8.24. The van der Waals surface area contributed by atoms with Crippen LogP contribution in [0.4, 0.5) is 0 Å². The minimum absolute atomic E-state index is 0.0487. The third kappa shape index (κ3) is 5.43. The highest BCUT2D eigenvalue weighted by atomic mass is 16.6. The lowest BCUT2D eigenvalue weighted by Crippen LogP contribution is -2.41. The predicted molar refractivity (Wildman–Crippen MR) is 98.5 cm³/mol. The molecular weight excluding hydrogens is 316 g/mol. The maximum absolute atomic E-state index is 13.1. The summed E-state index contributed by atoms with van der Waals surface area (Å²) in [5, 5.41) is 13.2. The molecule has 0 aromatic heterocycles. The van der Waals surface area contributed by atoms with E-state index in [4.69, 9.17) is 4.84 Å². The van der Waals surface area contributed by atoms with Gasteiger partial charge in [-0.25, -0.2) is 0 Å². The molecule has 25 heavy (non-hydrogen) atoms. The smallest absolute Gasteiger partial charge is 0.254 e. The molecule has 2 rings (SSSR count). The van der Waals surface area contributed by atoms with Crippen LogP contribution in [0.5, 0.6) is 0 Å². The van der Waals surface area contributed by atoms with Gasteiger partial charge in [-0.2, -0.15) is 0 Å². The molecule has 0 saturated heterocycles. The summed E-state index contributed by atoms with van der Waals surface area (Å²) in [6, 6.07) is 16.9. The van der Waals surface area contributed by atoms with Crippen LogP contribution in [-0.4, -0.2) is 41.9 Å². The molecule has 2 aromatic rings. The molecule has 0 heterocycles. The molecule has 1 atom stereocenters. The molecule has 0 saturated carbocycles. The maximum atomic E-state index is 13.1. The molecule has 0 bridgehead atoms. The summed E-state index contributed by atoms with van der Waals surface area (Å²) in [7, 11) is 1.45. The van der Waals surface area contributed by atoms with Crippen LogP contribution in [0.15, 0.2) is 59.8 Å². The highest BCUT2D eigenvalue weighted by molar-refractivity contribution is 5.96. The standard InChI is InChI=1S/C20H24N2O3/c1-16-8-10-18(11-9-16)20(24)22(15-17-6-4-3-5-7-17)19(12-13-23)14-21-25-2/h3-11,14,19,23H,12-13,15H2,1-2H3/b21-14-. The minimum Gasteiger partial charge on any atom is -0.399 e. The lowest BCUT2D eigenvalue weighted by atomic mass is 10.1. The van der Waals surface area contributed by atoms with Crippen LogP contribution < -0.4 is 0 Å². The molecule has 132 valence electrons. The van der Waals surface area contributed by atoms with Crippen molar-refractivity contribution >= 4 is 12.1 Å². The molecule has 0 aliphatic heterocycles. The molecular formula is C20H24N2O3. The quantitative estimate of drug-likeness (QED) is 0.593. The van der Waals surface area contributed by atoms with Crippen molar-refractivity contribution in [3.05, 3.63) is 71.3 Å². The van der Waals surface area contributed by atoms with Crippen molar-refractivity contribution in [1.82, 2.24) is 4.90 Å². The number of amides is 1. The van der Waals surface area contributed by atoms with Gasteiger partial charge in [0.25, 0.3) is 5.91 Å². The Morgan fingerprint density at radius 1 is 1.20 bits per heavy atom. The normalized spacial score (nSPS) is 12.1. The summed E-state index contributed by atoms with van der Waals surface area (Å²) < 4.78 is 0. The lowest BCUT2D eigenvalue weighted by molar-refractivity contribution is 0.0691. The molecule has 0 fully saturated rings. The van der Waals surface area contributed by atoms with Gasteiger partial charge in [-0.15, -0.1) is 0 Å². The van der Waals surface area contributed by atoms with Crippen molar-refractivity contribution in [3.8, 4) is 0 Å². The molecule has 0 spiro atoms. The summed E-state index contributed by atoms with van der Waals surface area (Å²) in [5.74, 6) is -0.107. The number of carbonyl (C=O) groups is 1. The van der Waals surface area contributed by atoms with Gasteiger partial charge in [0.05, 0.1) is 12.3 Å². The number of hydrogen-bond donors (Lipinski definition) is 1. The van der Waals surface area contributed by atoms with Crippen molar-refractivity contribution < 1.29 is 14.7 Å². The van der Waals surface area contributed by atoms with Crippen LogP contribution in [0.2, 0.25) is 0 Å². The number of hydrogen-bond acceptors (Lipinski definition) is 4. The van der Waals surface area contributed by atoms with Gasteiger partial charge in [0.15, 0.2) is 0 Å². The lowest BCUT2D eigenvalue weighted by Gasteiger charge is -2.29. The van der Waals surface area contributed by atoms with Crippen molar-refractivity contribution in [1.29, 1.82) is 0 Å². The van der Waals surface area contributed by atoms with Gasteiger partial charge in [-0.05, 0) is 31.0 Å². The van der Waals surface area contributed by atoms with E-state index >= 15 is 0 Å². The van der Waals surface area contributed by atoms with Crippen molar-refractivity contribution in [2.75, 3.05) is 13.7 Å². The van der Waals surface area contributed by atoms with E-state index in [0.29, 0.717) is 18.5 Å². The first kappa shape index (κ1) is 18.7. The average molecular weight is 340 g/mol. The fourth-order valence-corrected chi connectivity index (χ4v) is 2.56. The Morgan fingerprint density at radius 2 is 1.88 bits per heavy atom. The fraction of sp³-hybridized carbons (Fsp3) is 0.300. The molecule has 1 unspecified atom stereocenters. The van der Waals surface area contributed by atoms with E-state index in [1.165, 1.54) is 7.11 Å². The van der Waals surface area contributed by atoms with E-state index < -0.39 is 0 Å². The van der Waals surface area contributed by atoms with E-state index in [1.54, 1.807) is 11.1 Å². The minimum atomic E-state index is -0.362. The van der Waals surface area contributed by atoms with E-state index in [-0.39, 0.29) is 18.6 Å². The first-order valence-electron chi connectivity index (χ1n) is 8.24. The van der Waals surface area contributed by atoms with Crippen LogP contribution >= 0.6 is 0 Å². The third-order valence-electron chi connectivity index (χ3n) is 3.92. The molecule has 0 aliphatic carbocycles. The van der Waals surface area contributed by atoms with E-state index in [2.05, 4.69) is 5.16 Å². The van der Waals surface area contributed by atoms with Gasteiger partial charge in [-0.3, -0.25) is 4.79 Å². The zero-order chi connectivity index (χ0) is 18.1. The highest BCUT2D eigenvalue weighted by Gasteiger charge is 2.24. The number of benzene rings is 2. The highest BCUT2D eigenvalue weighted by Crippen LogP contribution is 2.15. The Hall–Kier alpha value is -2.66. The second kappa shape index (κ2) is 9.59. The van der Waals surface area contributed by atoms with Crippen LogP contribution in [0.3, 0.4) is 0 Å². The van der Waals surface area contributed by atoms with E-state index in [9.17, 15) is 9.90 Å². The van der Waals surface area contributed by atoms with Crippen LogP contribution in [-0.2, 0) is 11.4 Å². The number of aliphatic hydroxyl groups excluding tert-OH is 1. The molecule has 0 aliphatic rings. The molecule has 5 nitrogen and oxygen atoms in total. The second-order valence-electron chi connectivity index (χ2n) is 5.80. The van der Waals surface area contributed by atoms with E-state index in [0.717, 1.165) is 11.1 Å². The number of oxime groups is 1. The van der Waals surface area contributed by atoms with Gasteiger partial charge in [0.2, 0.25) is 0 Å². The largest absolute Gasteiger partial charge is 0.399 e. The number of nitrogens with zero attached hydrogens (tertiary/aromatic N) is 2. The van der Waals surface area contributed by atoms with Gasteiger partial charge in [-0.1, -0.05) is 53.2 Å². The second-order valence-corrected chi connectivity index (χ2v) is 5.80. The van der Waals surface area contributed by atoms with Crippen LogP contribution in [0, 0.1) is 6.92 Å². The molecule has 5 heteroatoms. The van der Waals surface area contributed by atoms with Crippen LogP contribution in [0.25, 0.3) is 0 Å². The first-order chi connectivity index (χ1) is 12.2. The summed E-state index contributed by atoms with van der Waals surface area (Å²) in [6.07, 6.45) is 1.95. The Labute approximate surface area is 148 Å². The molecule has 2 aromatic carbocycles. The number of carbonyl (C=O) groups excluding carboxylic acids is 1. The number of aliphatic hydroxyl groups is 1. The van der Waals surface area contributed by atoms with E-state index in [1.807, 2.05) is 61.5 Å². The molecule has 0 radical (unpaired) electrons. The summed E-state index contributed by atoms with van der Waals surface area (Å²) >= 11 is 0. The van der Waals surface area contributed by atoms with Crippen molar-refractivity contribution in [3.63, 3.8) is 0 Å². The maximum Gasteiger partial charge on any atom is 0.254 e. The summed E-state index contributed by atoms with van der Waals surface area (Å²) in [6.45, 7) is 2.36. The number of rotatable bonds is 8. The Morgan fingerprint density at radius 3 is 2.48 bits per heavy atom. The Bertz CT molecular complexity index is 684. The van der Waals surface area contributed by atoms with Gasteiger partial charge in [0.1, 0.15) is 7.11 Å². The summed E-state index contributed by atoms with van der Waals surface area (Å²) in [5.41, 5.74) is 2.71. The van der Waals surface area contributed by atoms with Gasteiger partial charge < -0.3 is 14.8 Å². The van der Waals surface area contributed by atoms with Gasteiger partial charge in [0, 0.05) is 18.7 Å². The Balaban J connectivity index is 2.33. The summed E-state index contributed by atoms with van der Waals surface area (Å²) in [4.78, 5) is 19.6. The topological polar surface area (TPSA) is 62.1 Å². The number of aryl methyl sites for hydroxylation is 1. The zero-order valence-electron chi connectivity index (χ0n) is 14.6. The zero-order valence-corrected chi connectivity index (χ0v) is 14.6. The van der Waals surface area contributed by atoms with Gasteiger partial charge >= 0.3 is 0 Å². The van der Waals surface area contributed by atoms with Crippen molar-refractivity contribution in [2.24, 2.45) is 5.16 Å². The molecule has 1 amide bonds. The van der Waals surface area contributed by atoms with Crippen molar-refractivity contribution in [2.45, 2.75) is 25.9 Å². The Kier molecular flexibility index (Phi) is 7.16. The SMILES string of the molecule is CO/N=C\C(CCO)N(Cc1ccccc1)C(=O)c1ccc(C)cc1. The molecule has 1 N–H and O–H groups in total. The average Bonchev–Trinajstić information content (AvgIpc) is 2.64. The third-order valence-corrected chi connectivity index (χ3v) is 3.92. The van der Waals surface area contributed by atoms with Crippen LogP contribution in [0.1, 0.15) is 27.9 Å². The monoisotopic (exact) mass is 340 g/mol. The fourth-order valence-electron chi connectivity index (χ4n) is 2.56.